The standard InChI is InChI=1S/C19H20N2O3S/c1-4-18(23)20-14-7-10-17(22)16(11-14)19(24)21(2)12-13-5-8-15(25-3)9-6-13/h4-11,22H,1,12H2,2-3H3,(H,20,23). The van der Waals surface area contributed by atoms with Crippen molar-refractivity contribution in [2.75, 3.05) is 18.6 Å². The number of hydrogen-bond acceptors (Lipinski definition) is 4. The summed E-state index contributed by atoms with van der Waals surface area (Å²) in [4.78, 5) is 26.7. The second-order valence-corrected chi connectivity index (χ2v) is 6.31. The van der Waals surface area contributed by atoms with Crippen molar-refractivity contribution in [3.63, 3.8) is 0 Å². The molecule has 0 aliphatic heterocycles. The molecule has 0 aliphatic rings. The zero-order valence-electron chi connectivity index (χ0n) is 14.2. The van der Waals surface area contributed by atoms with E-state index in [1.54, 1.807) is 18.8 Å². The van der Waals surface area contributed by atoms with Crippen molar-refractivity contribution in [3.05, 3.63) is 66.2 Å². The van der Waals surface area contributed by atoms with E-state index in [1.807, 2.05) is 30.5 Å². The molecule has 0 atom stereocenters. The number of anilines is 1. The van der Waals surface area contributed by atoms with Crippen molar-refractivity contribution in [1.29, 1.82) is 0 Å². The Kier molecular flexibility index (Phi) is 6.25. The van der Waals surface area contributed by atoms with Gasteiger partial charge in [-0.15, -0.1) is 11.8 Å². The summed E-state index contributed by atoms with van der Waals surface area (Å²) in [7, 11) is 1.67. The summed E-state index contributed by atoms with van der Waals surface area (Å²) in [6, 6.07) is 12.3. The van der Waals surface area contributed by atoms with Gasteiger partial charge in [0.15, 0.2) is 0 Å². The van der Waals surface area contributed by atoms with Crippen LogP contribution < -0.4 is 5.32 Å². The normalized spacial score (nSPS) is 10.2. The van der Waals surface area contributed by atoms with Crippen LogP contribution >= 0.6 is 11.8 Å². The molecule has 2 N–H and O–H groups in total. The van der Waals surface area contributed by atoms with Crippen LogP contribution in [0, 0.1) is 0 Å². The highest BCUT2D eigenvalue weighted by molar-refractivity contribution is 7.98. The summed E-state index contributed by atoms with van der Waals surface area (Å²) in [5, 5.41) is 12.6. The average Bonchev–Trinajstić information content (AvgIpc) is 2.63. The van der Waals surface area contributed by atoms with Crippen molar-refractivity contribution in [1.82, 2.24) is 4.90 Å². The first-order chi connectivity index (χ1) is 11.9. The molecule has 0 bridgehead atoms. The lowest BCUT2D eigenvalue weighted by molar-refractivity contribution is -0.111. The largest absolute Gasteiger partial charge is 0.507 e. The van der Waals surface area contributed by atoms with Crippen molar-refractivity contribution in [2.45, 2.75) is 11.4 Å². The fraction of sp³-hybridized carbons (Fsp3) is 0.158. The highest BCUT2D eigenvalue weighted by Gasteiger charge is 2.17. The molecule has 0 saturated carbocycles. The van der Waals surface area contributed by atoms with E-state index in [2.05, 4.69) is 11.9 Å². The molecule has 0 aliphatic carbocycles. The third-order valence-electron chi connectivity index (χ3n) is 3.61. The number of nitrogens with zero attached hydrogens (tertiary/aromatic N) is 1. The fourth-order valence-corrected chi connectivity index (χ4v) is 2.67. The molecule has 5 nitrogen and oxygen atoms in total. The Labute approximate surface area is 151 Å². The maximum absolute atomic E-state index is 12.6. The average molecular weight is 356 g/mol. The second-order valence-electron chi connectivity index (χ2n) is 5.43. The van der Waals surface area contributed by atoms with Gasteiger partial charge in [0.25, 0.3) is 5.91 Å². The van der Waals surface area contributed by atoms with E-state index in [0.29, 0.717) is 12.2 Å². The number of phenols is 1. The number of phenolic OH excluding ortho intramolecular Hbond substituents is 1. The van der Waals surface area contributed by atoms with Gasteiger partial charge in [0.05, 0.1) is 5.56 Å². The first-order valence-electron chi connectivity index (χ1n) is 7.59. The second kappa shape index (κ2) is 8.39. The van der Waals surface area contributed by atoms with Gasteiger partial charge in [-0.2, -0.15) is 0 Å². The Bertz CT molecular complexity index is 788. The van der Waals surface area contributed by atoms with Crippen LogP contribution in [0.5, 0.6) is 5.75 Å². The quantitative estimate of drug-likeness (QED) is 0.472. The van der Waals surface area contributed by atoms with E-state index < -0.39 is 0 Å². The van der Waals surface area contributed by atoms with Crippen LogP contribution in [0.1, 0.15) is 15.9 Å². The van der Waals surface area contributed by atoms with Gasteiger partial charge in [-0.25, -0.2) is 0 Å². The number of rotatable bonds is 6. The molecule has 130 valence electrons. The smallest absolute Gasteiger partial charge is 0.257 e. The van der Waals surface area contributed by atoms with Crippen LogP contribution in [0.15, 0.2) is 60.0 Å². The summed E-state index contributed by atoms with van der Waals surface area (Å²) in [6.07, 6.45) is 3.14. The minimum absolute atomic E-state index is 0.130. The monoisotopic (exact) mass is 356 g/mol. The number of carbonyl (C=O) groups is 2. The third kappa shape index (κ3) is 4.87. The molecule has 0 heterocycles. The summed E-state index contributed by atoms with van der Waals surface area (Å²) < 4.78 is 0. The lowest BCUT2D eigenvalue weighted by Gasteiger charge is -2.18. The van der Waals surface area contributed by atoms with E-state index in [1.165, 1.54) is 23.1 Å². The highest BCUT2D eigenvalue weighted by Crippen LogP contribution is 2.24. The summed E-state index contributed by atoms with van der Waals surface area (Å²) >= 11 is 1.65. The van der Waals surface area contributed by atoms with Gasteiger partial charge >= 0.3 is 0 Å². The summed E-state index contributed by atoms with van der Waals surface area (Å²) in [5.41, 5.74) is 1.54. The van der Waals surface area contributed by atoms with Crippen molar-refractivity contribution >= 4 is 29.3 Å². The van der Waals surface area contributed by atoms with Gasteiger partial charge in [0.2, 0.25) is 5.91 Å². The molecule has 0 aromatic heterocycles. The molecule has 25 heavy (non-hydrogen) atoms. The van der Waals surface area contributed by atoms with Gasteiger partial charge in [0.1, 0.15) is 5.75 Å². The highest BCUT2D eigenvalue weighted by atomic mass is 32.2. The molecule has 6 heteroatoms. The molecule has 0 unspecified atom stereocenters. The van der Waals surface area contributed by atoms with E-state index in [0.717, 1.165) is 16.5 Å². The SMILES string of the molecule is C=CC(=O)Nc1ccc(O)c(C(=O)N(C)Cc2ccc(SC)cc2)c1. The van der Waals surface area contributed by atoms with E-state index >= 15 is 0 Å². The van der Waals surface area contributed by atoms with Gasteiger partial charge < -0.3 is 15.3 Å². The van der Waals surface area contributed by atoms with Crippen LogP contribution in [-0.4, -0.2) is 35.1 Å². The Hall–Kier alpha value is -2.73. The van der Waals surface area contributed by atoms with Crippen molar-refractivity contribution < 1.29 is 14.7 Å². The zero-order valence-corrected chi connectivity index (χ0v) is 15.0. The Balaban J connectivity index is 2.15. The number of carbonyl (C=O) groups excluding carboxylic acids is 2. The van der Waals surface area contributed by atoms with Crippen LogP contribution in [0.25, 0.3) is 0 Å². The molecule has 0 saturated heterocycles. The maximum atomic E-state index is 12.6. The van der Waals surface area contributed by atoms with E-state index in [-0.39, 0.29) is 23.1 Å². The number of amides is 2. The van der Waals surface area contributed by atoms with Gasteiger partial charge in [-0.05, 0) is 48.2 Å². The third-order valence-corrected chi connectivity index (χ3v) is 4.35. The topological polar surface area (TPSA) is 69.6 Å². The number of thioether (sulfide) groups is 1. The van der Waals surface area contributed by atoms with Crippen LogP contribution in [0.3, 0.4) is 0 Å². The lowest BCUT2D eigenvalue weighted by atomic mass is 10.1. The Morgan fingerprint density at radius 1 is 1.24 bits per heavy atom. The Morgan fingerprint density at radius 3 is 2.52 bits per heavy atom. The predicted molar refractivity (Wildman–Crippen MR) is 101 cm³/mol. The molecule has 2 amide bonds. The fourth-order valence-electron chi connectivity index (χ4n) is 2.26. The molecule has 2 rings (SSSR count). The molecule has 2 aromatic carbocycles. The van der Waals surface area contributed by atoms with Gasteiger partial charge in [-0.1, -0.05) is 18.7 Å². The minimum atomic E-state index is -0.383. The maximum Gasteiger partial charge on any atom is 0.257 e. The molecule has 0 fully saturated rings. The number of hydrogen-bond donors (Lipinski definition) is 2. The molecule has 2 aromatic rings. The minimum Gasteiger partial charge on any atom is -0.507 e. The van der Waals surface area contributed by atoms with Crippen LogP contribution in [0.2, 0.25) is 0 Å². The predicted octanol–water partition coefficient (Wildman–Crippen LogP) is 3.51. The molecule has 0 spiro atoms. The lowest BCUT2D eigenvalue weighted by Crippen LogP contribution is -2.26. The molecular weight excluding hydrogens is 336 g/mol. The van der Waals surface area contributed by atoms with Crippen molar-refractivity contribution in [2.24, 2.45) is 0 Å². The summed E-state index contributed by atoms with van der Waals surface area (Å²) in [6.45, 7) is 3.79. The molecule has 0 radical (unpaired) electrons. The first kappa shape index (κ1) is 18.6. The summed E-state index contributed by atoms with van der Waals surface area (Å²) in [5.74, 6) is -0.848. The zero-order chi connectivity index (χ0) is 18.4. The van der Waals surface area contributed by atoms with Crippen molar-refractivity contribution in [3.8, 4) is 5.75 Å². The first-order valence-corrected chi connectivity index (χ1v) is 8.82. The Morgan fingerprint density at radius 2 is 1.92 bits per heavy atom. The number of benzene rings is 2. The van der Waals surface area contributed by atoms with E-state index in [9.17, 15) is 14.7 Å². The molecular formula is C19H20N2O3S. The van der Waals surface area contributed by atoms with Gasteiger partial charge in [0, 0.05) is 24.2 Å². The number of nitrogens with one attached hydrogen (secondary N) is 1. The van der Waals surface area contributed by atoms with Crippen LogP contribution in [0.4, 0.5) is 5.69 Å². The van der Waals surface area contributed by atoms with E-state index in [4.69, 9.17) is 0 Å². The number of aromatic hydroxyl groups is 1. The van der Waals surface area contributed by atoms with Gasteiger partial charge in [-0.3, -0.25) is 9.59 Å². The van der Waals surface area contributed by atoms with Crippen LogP contribution in [-0.2, 0) is 11.3 Å².